The highest BCUT2D eigenvalue weighted by Gasteiger charge is 2.17. The Bertz CT molecular complexity index is 499. The second-order valence-corrected chi connectivity index (χ2v) is 5.79. The molecule has 0 unspecified atom stereocenters. The fraction of sp³-hybridized carbons (Fsp3) is 0.588. The van der Waals surface area contributed by atoms with Gasteiger partial charge in [-0.1, -0.05) is 25.3 Å². The Morgan fingerprint density at radius 1 is 1.14 bits per heavy atom. The normalized spacial score (nSPS) is 16.7. The molecule has 2 amide bonds. The van der Waals surface area contributed by atoms with Gasteiger partial charge in [-0.15, -0.1) is 0 Å². The standard InChI is InChI=1S/C17H26N2O3/c1-12(13-9-10-15(21-2)16(11-13)22-3)18-17(20)19-14-7-5-4-6-8-14/h9-12,14H,4-8H2,1-3H3,(H2,18,19,20)/t12-/m1/s1. The molecule has 0 saturated heterocycles. The average molecular weight is 306 g/mol. The summed E-state index contributed by atoms with van der Waals surface area (Å²) in [7, 11) is 3.21. The molecule has 1 aliphatic carbocycles. The number of hydrogen-bond acceptors (Lipinski definition) is 3. The molecule has 0 bridgehead atoms. The van der Waals surface area contributed by atoms with E-state index in [2.05, 4.69) is 10.6 Å². The van der Waals surface area contributed by atoms with E-state index in [0.717, 1.165) is 18.4 Å². The van der Waals surface area contributed by atoms with Crippen LogP contribution in [0.4, 0.5) is 4.79 Å². The lowest BCUT2D eigenvalue weighted by Gasteiger charge is -2.24. The maximum atomic E-state index is 12.1. The number of carbonyl (C=O) groups is 1. The minimum absolute atomic E-state index is 0.0941. The molecular formula is C17H26N2O3. The molecule has 2 N–H and O–H groups in total. The van der Waals surface area contributed by atoms with Crippen LogP contribution in [0.15, 0.2) is 18.2 Å². The molecule has 1 aromatic carbocycles. The summed E-state index contributed by atoms with van der Waals surface area (Å²) in [6.07, 6.45) is 5.85. The highest BCUT2D eigenvalue weighted by Crippen LogP contribution is 2.29. The molecule has 1 aromatic rings. The van der Waals surface area contributed by atoms with Crippen LogP contribution in [-0.2, 0) is 0 Å². The lowest BCUT2D eigenvalue weighted by atomic mass is 9.96. The van der Waals surface area contributed by atoms with Gasteiger partial charge in [0.25, 0.3) is 0 Å². The summed E-state index contributed by atoms with van der Waals surface area (Å²) in [6, 6.07) is 5.80. The monoisotopic (exact) mass is 306 g/mol. The Hall–Kier alpha value is -1.91. The fourth-order valence-electron chi connectivity index (χ4n) is 2.88. The quantitative estimate of drug-likeness (QED) is 0.876. The minimum atomic E-state index is -0.103. The SMILES string of the molecule is COc1ccc([C@@H](C)NC(=O)NC2CCCCC2)cc1OC. The van der Waals surface area contributed by atoms with Crippen LogP contribution in [0.1, 0.15) is 50.6 Å². The molecule has 5 heteroatoms. The summed E-state index contributed by atoms with van der Waals surface area (Å²) in [5.41, 5.74) is 0.983. The zero-order chi connectivity index (χ0) is 15.9. The van der Waals surface area contributed by atoms with Crippen LogP contribution in [0.3, 0.4) is 0 Å². The number of benzene rings is 1. The van der Waals surface area contributed by atoms with Crippen LogP contribution in [0, 0.1) is 0 Å². The molecular weight excluding hydrogens is 280 g/mol. The highest BCUT2D eigenvalue weighted by atomic mass is 16.5. The number of nitrogens with one attached hydrogen (secondary N) is 2. The van der Waals surface area contributed by atoms with Crippen molar-refractivity contribution in [2.24, 2.45) is 0 Å². The Morgan fingerprint density at radius 2 is 1.82 bits per heavy atom. The number of rotatable bonds is 5. The largest absolute Gasteiger partial charge is 0.493 e. The summed E-state index contributed by atoms with van der Waals surface area (Å²) in [4.78, 5) is 12.1. The maximum absolute atomic E-state index is 12.1. The lowest BCUT2D eigenvalue weighted by molar-refractivity contribution is 0.229. The smallest absolute Gasteiger partial charge is 0.315 e. The van der Waals surface area contributed by atoms with E-state index in [4.69, 9.17) is 9.47 Å². The van der Waals surface area contributed by atoms with Crippen molar-refractivity contribution in [1.29, 1.82) is 0 Å². The van der Waals surface area contributed by atoms with E-state index >= 15 is 0 Å². The zero-order valence-electron chi connectivity index (χ0n) is 13.6. The molecule has 1 fully saturated rings. The van der Waals surface area contributed by atoms with Crippen LogP contribution in [0.25, 0.3) is 0 Å². The molecule has 1 atom stereocenters. The van der Waals surface area contributed by atoms with Crippen molar-refractivity contribution in [1.82, 2.24) is 10.6 Å². The first kappa shape index (κ1) is 16.5. The molecule has 2 rings (SSSR count). The fourth-order valence-corrected chi connectivity index (χ4v) is 2.88. The number of amides is 2. The van der Waals surface area contributed by atoms with Gasteiger partial charge in [0.2, 0.25) is 0 Å². The minimum Gasteiger partial charge on any atom is -0.493 e. The van der Waals surface area contributed by atoms with Crippen molar-refractivity contribution in [3.63, 3.8) is 0 Å². The van der Waals surface area contributed by atoms with Gasteiger partial charge in [-0.05, 0) is 37.5 Å². The molecule has 0 heterocycles. The van der Waals surface area contributed by atoms with Crippen molar-refractivity contribution < 1.29 is 14.3 Å². The Kier molecular flexibility index (Phi) is 5.92. The van der Waals surface area contributed by atoms with Gasteiger partial charge in [0.15, 0.2) is 11.5 Å². The van der Waals surface area contributed by atoms with E-state index in [9.17, 15) is 4.79 Å². The Labute approximate surface area is 132 Å². The summed E-state index contributed by atoms with van der Waals surface area (Å²) >= 11 is 0. The predicted octanol–water partition coefficient (Wildman–Crippen LogP) is 3.40. The number of methoxy groups -OCH3 is 2. The highest BCUT2D eigenvalue weighted by molar-refractivity contribution is 5.74. The van der Waals surface area contributed by atoms with Gasteiger partial charge in [0.1, 0.15) is 0 Å². The van der Waals surface area contributed by atoms with E-state index in [0.29, 0.717) is 17.5 Å². The van der Waals surface area contributed by atoms with Gasteiger partial charge < -0.3 is 20.1 Å². The molecule has 0 aliphatic heterocycles. The summed E-state index contributed by atoms with van der Waals surface area (Å²) in [5, 5.41) is 6.05. The molecule has 1 saturated carbocycles. The van der Waals surface area contributed by atoms with Crippen LogP contribution < -0.4 is 20.1 Å². The third-order valence-corrected chi connectivity index (χ3v) is 4.20. The van der Waals surface area contributed by atoms with Crippen molar-refractivity contribution in [3.05, 3.63) is 23.8 Å². The van der Waals surface area contributed by atoms with Crippen LogP contribution in [0.5, 0.6) is 11.5 Å². The Morgan fingerprint density at radius 3 is 2.45 bits per heavy atom. The van der Waals surface area contributed by atoms with E-state index in [1.165, 1.54) is 19.3 Å². The topological polar surface area (TPSA) is 59.6 Å². The van der Waals surface area contributed by atoms with Crippen molar-refractivity contribution in [3.8, 4) is 11.5 Å². The Balaban J connectivity index is 1.93. The number of carbonyl (C=O) groups excluding carboxylic acids is 1. The first-order valence-corrected chi connectivity index (χ1v) is 7.93. The zero-order valence-corrected chi connectivity index (χ0v) is 13.6. The third-order valence-electron chi connectivity index (χ3n) is 4.20. The number of urea groups is 1. The first-order chi connectivity index (χ1) is 10.6. The second-order valence-electron chi connectivity index (χ2n) is 5.79. The number of hydrogen-bond donors (Lipinski definition) is 2. The maximum Gasteiger partial charge on any atom is 0.315 e. The van der Waals surface area contributed by atoms with Gasteiger partial charge in [-0.3, -0.25) is 0 Å². The van der Waals surface area contributed by atoms with E-state index in [1.54, 1.807) is 14.2 Å². The third kappa shape index (κ3) is 4.29. The van der Waals surface area contributed by atoms with Crippen LogP contribution in [0.2, 0.25) is 0 Å². The van der Waals surface area contributed by atoms with E-state index in [1.807, 2.05) is 25.1 Å². The average Bonchev–Trinajstić information content (AvgIpc) is 2.54. The molecule has 0 aromatic heterocycles. The molecule has 22 heavy (non-hydrogen) atoms. The molecule has 5 nitrogen and oxygen atoms in total. The van der Waals surface area contributed by atoms with Crippen LogP contribution >= 0.6 is 0 Å². The van der Waals surface area contributed by atoms with Gasteiger partial charge in [-0.2, -0.15) is 0 Å². The van der Waals surface area contributed by atoms with Crippen molar-refractivity contribution in [2.45, 2.75) is 51.1 Å². The van der Waals surface area contributed by atoms with E-state index < -0.39 is 0 Å². The van der Waals surface area contributed by atoms with Gasteiger partial charge in [0.05, 0.1) is 20.3 Å². The number of ether oxygens (including phenoxy) is 2. The molecule has 122 valence electrons. The molecule has 1 aliphatic rings. The summed E-state index contributed by atoms with van der Waals surface area (Å²) in [6.45, 7) is 1.96. The predicted molar refractivity (Wildman–Crippen MR) is 86.5 cm³/mol. The molecule has 0 radical (unpaired) electrons. The van der Waals surface area contributed by atoms with Gasteiger partial charge in [-0.25, -0.2) is 4.79 Å². The lowest BCUT2D eigenvalue weighted by Crippen LogP contribution is -2.43. The van der Waals surface area contributed by atoms with Crippen molar-refractivity contribution in [2.75, 3.05) is 14.2 Å². The van der Waals surface area contributed by atoms with Gasteiger partial charge >= 0.3 is 6.03 Å². The summed E-state index contributed by atoms with van der Waals surface area (Å²) < 4.78 is 10.5. The van der Waals surface area contributed by atoms with Crippen LogP contribution in [-0.4, -0.2) is 26.3 Å². The van der Waals surface area contributed by atoms with Crippen molar-refractivity contribution >= 4 is 6.03 Å². The second kappa shape index (κ2) is 7.92. The van der Waals surface area contributed by atoms with E-state index in [-0.39, 0.29) is 12.1 Å². The first-order valence-electron chi connectivity index (χ1n) is 7.93. The molecule has 0 spiro atoms. The van der Waals surface area contributed by atoms with Gasteiger partial charge in [0, 0.05) is 6.04 Å². The summed E-state index contributed by atoms with van der Waals surface area (Å²) in [5.74, 6) is 1.35.